The van der Waals surface area contributed by atoms with Crippen LogP contribution in [0, 0.1) is 0 Å². The second-order valence-electron chi connectivity index (χ2n) is 7.06. The molecule has 2 fully saturated rings. The van der Waals surface area contributed by atoms with E-state index >= 15 is 0 Å². The predicted octanol–water partition coefficient (Wildman–Crippen LogP) is 2.83. The molecule has 0 radical (unpaired) electrons. The monoisotopic (exact) mass is 400 g/mol. The number of carbonyl (C=O) groups excluding carboxylic acids is 2. The first-order valence-electron chi connectivity index (χ1n) is 9.23. The number of rotatable bonds is 5. The van der Waals surface area contributed by atoms with Crippen LogP contribution < -0.4 is 4.74 Å². The normalized spacial score (nSPS) is 22.8. The van der Waals surface area contributed by atoms with Gasteiger partial charge in [-0.05, 0) is 43.9 Å². The molecule has 154 valence electrons. The molecular weight excluding hydrogens is 377 g/mol. The van der Waals surface area contributed by atoms with Crippen molar-refractivity contribution in [1.82, 2.24) is 9.80 Å². The number of benzene rings is 1. The topological polar surface area (TPSA) is 59.1 Å². The maximum absolute atomic E-state index is 13.2. The van der Waals surface area contributed by atoms with E-state index in [1.54, 1.807) is 12.0 Å². The van der Waals surface area contributed by atoms with Crippen molar-refractivity contribution in [3.63, 3.8) is 0 Å². The summed E-state index contributed by atoms with van der Waals surface area (Å²) in [7, 11) is 1.56. The number of hydrogen-bond acceptors (Lipinski definition) is 4. The van der Waals surface area contributed by atoms with Gasteiger partial charge in [0.15, 0.2) is 0 Å². The first kappa shape index (κ1) is 20.4. The molecule has 2 aliphatic heterocycles. The SMILES string of the molecule is COCCN1CCCC2(CCCN2C(=O)c2cccc(OC(F)(F)F)c2)C1=O. The van der Waals surface area contributed by atoms with Gasteiger partial charge in [-0.15, -0.1) is 13.2 Å². The molecule has 1 unspecified atom stereocenters. The highest BCUT2D eigenvalue weighted by atomic mass is 19.4. The Balaban J connectivity index is 1.83. The van der Waals surface area contributed by atoms with Crippen molar-refractivity contribution in [2.24, 2.45) is 0 Å². The van der Waals surface area contributed by atoms with Gasteiger partial charge in [0.05, 0.1) is 6.61 Å². The van der Waals surface area contributed by atoms with Crippen LogP contribution in [-0.2, 0) is 9.53 Å². The Morgan fingerprint density at radius 2 is 1.93 bits per heavy atom. The van der Waals surface area contributed by atoms with Crippen molar-refractivity contribution in [3.8, 4) is 5.75 Å². The van der Waals surface area contributed by atoms with E-state index in [-0.39, 0.29) is 11.5 Å². The molecule has 6 nitrogen and oxygen atoms in total. The molecule has 2 amide bonds. The Morgan fingerprint density at radius 1 is 1.21 bits per heavy atom. The third kappa shape index (κ3) is 4.09. The van der Waals surface area contributed by atoms with E-state index in [0.29, 0.717) is 45.5 Å². The number of halogens is 3. The third-order valence-corrected chi connectivity index (χ3v) is 5.32. The molecule has 1 atom stereocenters. The Bertz CT molecular complexity index is 740. The maximum Gasteiger partial charge on any atom is 0.573 e. The highest BCUT2D eigenvalue weighted by Gasteiger charge is 2.52. The van der Waals surface area contributed by atoms with Crippen LogP contribution in [0.5, 0.6) is 5.75 Å². The fourth-order valence-electron chi connectivity index (χ4n) is 4.12. The van der Waals surface area contributed by atoms with Gasteiger partial charge in [-0.3, -0.25) is 9.59 Å². The van der Waals surface area contributed by atoms with Crippen molar-refractivity contribution >= 4 is 11.8 Å². The van der Waals surface area contributed by atoms with Gasteiger partial charge in [0, 0.05) is 32.3 Å². The Morgan fingerprint density at radius 3 is 2.61 bits per heavy atom. The molecule has 0 aromatic heterocycles. The van der Waals surface area contributed by atoms with Crippen LogP contribution in [0.25, 0.3) is 0 Å². The molecule has 3 rings (SSSR count). The minimum atomic E-state index is -4.84. The molecule has 1 spiro atoms. The number of hydrogen-bond donors (Lipinski definition) is 0. The van der Waals surface area contributed by atoms with E-state index in [9.17, 15) is 22.8 Å². The van der Waals surface area contributed by atoms with Crippen LogP contribution in [0.3, 0.4) is 0 Å². The molecule has 2 heterocycles. The van der Waals surface area contributed by atoms with E-state index in [1.807, 2.05) is 0 Å². The van der Waals surface area contributed by atoms with Crippen LogP contribution in [-0.4, -0.2) is 66.9 Å². The van der Waals surface area contributed by atoms with Crippen LogP contribution in [0.1, 0.15) is 36.0 Å². The highest BCUT2D eigenvalue weighted by Crippen LogP contribution is 2.39. The standard InChI is InChI=1S/C19H23F3N2O4/c1-27-12-11-23-9-3-7-18(17(23)26)8-4-10-24(18)16(25)14-5-2-6-15(13-14)28-19(20,21)22/h2,5-6,13H,3-4,7-12H2,1H3. The van der Waals surface area contributed by atoms with Crippen LogP contribution in [0.2, 0.25) is 0 Å². The summed E-state index contributed by atoms with van der Waals surface area (Å²) in [5, 5.41) is 0. The van der Waals surface area contributed by atoms with Crippen LogP contribution in [0.15, 0.2) is 24.3 Å². The van der Waals surface area contributed by atoms with Gasteiger partial charge >= 0.3 is 6.36 Å². The highest BCUT2D eigenvalue weighted by molar-refractivity contribution is 6.00. The minimum absolute atomic E-state index is 0.0739. The van der Waals surface area contributed by atoms with Gasteiger partial charge in [0.1, 0.15) is 11.3 Å². The fraction of sp³-hybridized carbons (Fsp3) is 0.579. The first-order valence-corrected chi connectivity index (χ1v) is 9.23. The van der Waals surface area contributed by atoms with E-state index in [2.05, 4.69) is 4.74 Å². The van der Waals surface area contributed by atoms with Crippen molar-refractivity contribution in [2.45, 2.75) is 37.6 Å². The lowest BCUT2D eigenvalue weighted by Crippen LogP contribution is -2.61. The maximum atomic E-state index is 13.2. The lowest BCUT2D eigenvalue weighted by Gasteiger charge is -2.44. The largest absolute Gasteiger partial charge is 0.573 e. The molecule has 0 saturated carbocycles. The first-order chi connectivity index (χ1) is 13.3. The number of methoxy groups -OCH3 is 1. The summed E-state index contributed by atoms with van der Waals surface area (Å²) < 4.78 is 46.4. The number of ether oxygens (including phenoxy) is 2. The zero-order valence-electron chi connectivity index (χ0n) is 15.6. The smallest absolute Gasteiger partial charge is 0.406 e. The number of alkyl halides is 3. The predicted molar refractivity (Wildman–Crippen MR) is 93.8 cm³/mol. The van der Waals surface area contributed by atoms with Gasteiger partial charge < -0.3 is 19.3 Å². The lowest BCUT2D eigenvalue weighted by atomic mass is 9.85. The van der Waals surface area contributed by atoms with Gasteiger partial charge in [-0.2, -0.15) is 0 Å². The van der Waals surface area contributed by atoms with E-state index in [1.165, 1.54) is 17.0 Å². The Labute approximate surface area is 161 Å². The summed E-state index contributed by atoms with van der Waals surface area (Å²) >= 11 is 0. The fourth-order valence-corrected chi connectivity index (χ4v) is 4.12. The van der Waals surface area contributed by atoms with Gasteiger partial charge in [0.25, 0.3) is 5.91 Å². The molecule has 1 aromatic carbocycles. The molecule has 28 heavy (non-hydrogen) atoms. The summed E-state index contributed by atoms with van der Waals surface area (Å²) in [6, 6.07) is 4.98. The second-order valence-corrected chi connectivity index (χ2v) is 7.06. The molecule has 1 aromatic rings. The van der Waals surface area contributed by atoms with Crippen LogP contribution >= 0.6 is 0 Å². The molecule has 2 aliphatic rings. The molecular formula is C19H23F3N2O4. The molecule has 9 heteroatoms. The minimum Gasteiger partial charge on any atom is -0.406 e. The zero-order valence-corrected chi connectivity index (χ0v) is 15.6. The molecule has 0 N–H and O–H groups in total. The zero-order chi connectivity index (χ0) is 20.4. The van der Waals surface area contributed by atoms with Crippen molar-refractivity contribution in [2.75, 3.05) is 33.4 Å². The quantitative estimate of drug-likeness (QED) is 0.763. The van der Waals surface area contributed by atoms with Gasteiger partial charge in [0.2, 0.25) is 5.91 Å². The van der Waals surface area contributed by atoms with Crippen molar-refractivity contribution in [3.05, 3.63) is 29.8 Å². The van der Waals surface area contributed by atoms with E-state index in [0.717, 1.165) is 18.6 Å². The average Bonchev–Trinajstić information content (AvgIpc) is 3.05. The number of likely N-dealkylation sites (tertiary alicyclic amines) is 2. The lowest BCUT2D eigenvalue weighted by molar-refractivity contribution is -0.274. The average molecular weight is 400 g/mol. The third-order valence-electron chi connectivity index (χ3n) is 5.32. The van der Waals surface area contributed by atoms with Crippen molar-refractivity contribution in [1.29, 1.82) is 0 Å². The van der Waals surface area contributed by atoms with Crippen LogP contribution in [0.4, 0.5) is 13.2 Å². The molecule has 0 bridgehead atoms. The summed E-state index contributed by atoms with van der Waals surface area (Å²) in [6.45, 7) is 1.87. The summed E-state index contributed by atoms with van der Waals surface area (Å²) in [5.74, 6) is -1.01. The van der Waals surface area contributed by atoms with Gasteiger partial charge in [-0.1, -0.05) is 6.07 Å². The number of carbonyl (C=O) groups is 2. The molecule has 2 saturated heterocycles. The Hall–Kier alpha value is -2.29. The van der Waals surface area contributed by atoms with Crippen molar-refractivity contribution < 1.29 is 32.2 Å². The summed E-state index contributed by atoms with van der Waals surface area (Å²) in [5.41, 5.74) is -0.853. The summed E-state index contributed by atoms with van der Waals surface area (Å²) in [6.07, 6.45) is -2.29. The number of piperidine rings is 1. The van der Waals surface area contributed by atoms with E-state index in [4.69, 9.17) is 4.74 Å². The second kappa shape index (κ2) is 7.98. The van der Waals surface area contributed by atoms with E-state index < -0.39 is 23.6 Å². The van der Waals surface area contributed by atoms with Gasteiger partial charge in [-0.25, -0.2) is 0 Å². The number of nitrogens with zero attached hydrogens (tertiary/aromatic N) is 2. The summed E-state index contributed by atoms with van der Waals surface area (Å²) in [4.78, 5) is 29.5. The number of amides is 2. The Kier molecular flexibility index (Phi) is 5.83. The molecule has 0 aliphatic carbocycles.